The Bertz CT molecular complexity index is 937. The second-order valence-electron chi connectivity index (χ2n) is 7.13. The number of halogens is 2. The molecule has 2 aromatic rings. The minimum absolute atomic E-state index is 0.252. The third-order valence-corrected chi connectivity index (χ3v) is 4.64. The highest BCUT2D eigenvalue weighted by atomic mass is 19.2. The number of carbonyl (C=O) groups is 2. The van der Waals surface area contributed by atoms with Crippen molar-refractivity contribution >= 4 is 24.5 Å². The molecule has 0 radical (unpaired) electrons. The number of rotatable bonds is 6. The van der Waals surface area contributed by atoms with Crippen LogP contribution in [-0.2, 0) is 27.4 Å². The average molecular weight is 403 g/mol. The Morgan fingerprint density at radius 3 is 2.66 bits per heavy atom. The quantitative estimate of drug-likeness (QED) is 0.567. The van der Waals surface area contributed by atoms with E-state index < -0.39 is 36.7 Å². The summed E-state index contributed by atoms with van der Waals surface area (Å²) in [5.74, 6) is -3.50. The summed E-state index contributed by atoms with van der Waals surface area (Å²) in [7, 11) is -1.08. The summed E-state index contributed by atoms with van der Waals surface area (Å²) in [5, 5.41) is 12.4. The second-order valence-corrected chi connectivity index (χ2v) is 7.13. The summed E-state index contributed by atoms with van der Waals surface area (Å²) in [6, 6.07) is 7.06. The zero-order chi connectivity index (χ0) is 21.1. The summed E-state index contributed by atoms with van der Waals surface area (Å²) in [4.78, 5) is 25.0. The molecule has 2 N–H and O–H groups in total. The lowest BCUT2D eigenvalue weighted by Gasteiger charge is -2.21. The highest BCUT2D eigenvalue weighted by molar-refractivity contribution is 6.61. The van der Waals surface area contributed by atoms with Crippen LogP contribution >= 0.6 is 0 Å². The molecule has 1 aliphatic heterocycles. The molecule has 29 heavy (non-hydrogen) atoms. The Morgan fingerprint density at radius 1 is 1.21 bits per heavy atom. The van der Waals surface area contributed by atoms with Gasteiger partial charge in [-0.25, -0.2) is 13.6 Å². The van der Waals surface area contributed by atoms with Crippen molar-refractivity contribution < 1.29 is 32.8 Å². The van der Waals surface area contributed by atoms with Crippen molar-refractivity contribution in [1.29, 1.82) is 0 Å². The largest absolute Gasteiger partial charge is 0.491 e. The molecule has 1 aliphatic rings. The minimum atomic E-state index is -1.08. The van der Waals surface area contributed by atoms with Crippen LogP contribution in [-0.4, -0.2) is 30.1 Å². The van der Waals surface area contributed by atoms with Gasteiger partial charge in [0.25, 0.3) is 5.91 Å². The number of fused-ring (bicyclic) bond motifs is 1. The predicted molar refractivity (Wildman–Crippen MR) is 101 cm³/mol. The van der Waals surface area contributed by atoms with Crippen LogP contribution in [0.15, 0.2) is 36.4 Å². The Balaban J connectivity index is 1.66. The van der Waals surface area contributed by atoms with Crippen LogP contribution < -0.4 is 10.8 Å². The third-order valence-electron chi connectivity index (χ3n) is 4.64. The lowest BCUT2D eigenvalue weighted by atomic mass is 9.78. The second kappa shape index (κ2) is 8.71. The van der Waals surface area contributed by atoms with Crippen LogP contribution in [0.1, 0.15) is 35.3 Å². The molecule has 2 aromatic carbocycles. The Labute approximate surface area is 167 Å². The van der Waals surface area contributed by atoms with E-state index in [4.69, 9.17) is 9.39 Å². The predicted octanol–water partition coefficient (Wildman–Crippen LogP) is 1.68. The van der Waals surface area contributed by atoms with Crippen LogP contribution in [0.4, 0.5) is 8.78 Å². The van der Waals surface area contributed by atoms with Crippen LogP contribution in [0.25, 0.3) is 0 Å². The number of carbonyl (C=O) groups excluding carboxylic acids is 2. The van der Waals surface area contributed by atoms with Gasteiger partial charge in [0.2, 0.25) is 0 Å². The molecule has 1 amide bonds. The number of benzene rings is 2. The third kappa shape index (κ3) is 4.80. The van der Waals surface area contributed by atoms with E-state index in [1.165, 1.54) is 12.1 Å². The topological polar surface area (TPSA) is 84.9 Å². The maximum Gasteiger partial charge on any atom is 0.491 e. The first kappa shape index (κ1) is 20.9. The summed E-state index contributed by atoms with van der Waals surface area (Å²) in [5.41, 5.74) is 1.87. The minimum Gasteiger partial charge on any atom is -0.459 e. The Kier molecular flexibility index (Phi) is 6.29. The molecule has 1 heterocycles. The summed E-state index contributed by atoms with van der Waals surface area (Å²) < 4.78 is 36.5. The molecule has 6 nitrogen and oxygen atoms in total. The highest BCUT2D eigenvalue weighted by Gasteiger charge is 2.30. The van der Waals surface area contributed by atoms with Gasteiger partial charge < -0.3 is 19.7 Å². The average Bonchev–Trinajstić information content (AvgIpc) is 3.06. The van der Waals surface area contributed by atoms with Gasteiger partial charge in [0, 0.05) is 5.56 Å². The number of hydrogen-bond donors (Lipinski definition) is 2. The first-order valence-corrected chi connectivity index (χ1v) is 9.10. The van der Waals surface area contributed by atoms with E-state index >= 15 is 0 Å². The monoisotopic (exact) mass is 403 g/mol. The summed E-state index contributed by atoms with van der Waals surface area (Å²) >= 11 is 0. The van der Waals surface area contributed by atoms with Crippen LogP contribution in [0.3, 0.4) is 0 Å². The van der Waals surface area contributed by atoms with Gasteiger partial charge in [-0.2, -0.15) is 0 Å². The summed E-state index contributed by atoms with van der Waals surface area (Å²) in [6.07, 6.45) is 0. The Hall–Kier alpha value is -2.78. The highest BCUT2D eigenvalue weighted by Crippen LogP contribution is 2.14. The molecule has 0 saturated heterocycles. The molecule has 0 saturated carbocycles. The van der Waals surface area contributed by atoms with Crippen molar-refractivity contribution in [3.8, 4) is 0 Å². The smallest absolute Gasteiger partial charge is 0.459 e. The van der Waals surface area contributed by atoms with Gasteiger partial charge in [0.15, 0.2) is 11.6 Å². The van der Waals surface area contributed by atoms with Crippen molar-refractivity contribution in [1.82, 2.24) is 5.32 Å². The molecule has 152 valence electrons. The molecule has 3 rings (SSSR count). The van der Waals surface area contributed by atoms with Gasteiger partial charge in [0.05, 0.1) is 6.61 Å². The number of nitrogens with one attached hydrogen (secondary N) is 1. The molecule has 0 bridgehead atoms. The van der Waals surface area contributed by atoms with Gasteiger partial charge in [0.1, 0.15) is 12.6 Å². The number of amides is 1. The van der Waals surface area contributed by atoms with E-state index in [9.17, 15) is 23.4 Å². The van der Waals surface area contributed by atoms with E-state index in [1.54, 1.807) is 26.0 Å². The van der Waals surface area contributed by atoms with E-state index in [0.29, 0.717) is 11.0 Å². The summed E-state index contributed by atoms with van der Waals surface area (Å²) in [6.45, 7) is 3.49. The van der Waals surface area contributed by atoms with Gasteiger partial charge in [-0.05, 0) is 46.8 Å². The van der Waals surface area contributed by atoms with Crippen molar-refractivity contribution in [2.45, 2.75) is 33.1 Å². The van der Waals surface area contributed by atoms with E-state index in [0.717, 1.165) is 17.7 Å². The maximum atomic E-state index is 13.3. The van der Waals surface area contributed by atoms with Crippen LogP contribution in [0.5, 0.6) is 0 Å². The zero-order valence-electron chi connectivity index (χ0n) is 15.9. The van der Waals surface area contributed by atoms with Gasteiger partial charge in [-0.15, -0.1) is 0 Å². The SMILES string of the molecule is CC(C)C(NC(=O)c1ccc2c(c1)B(O)OC2)C(=O)OCc1ccc(F)c(F)c1. The molecule has 1 unspecified atom stereocenters. The van der Waals surface area contributed by atoms with Crippen molar-refractivity contribution in [3.05, 3.63) is 64.7 Å². The molecule has 1 atom stereocenters. The van der Waals surface area contributed by atoms with Crippen molar-refractivity contribution in [2.24, 2.45) is 5.92 Å². The van der Waals surface area contributed by atoms with Crippen molar-refractivity contribution in [3.63, 3.8) is 0 Å². The van der Waals surface area contributed by atoms with Crippen LogP contribution in [0.2, 0.25) is 0 Å². The Morgan fingerprint density at radius 2 is 1.97 bits per heavy atom. The van der Waals surface area contributed by atoms with E-state index in [-0.39, 0.29) is 24.7 Å². The fraction of sp³-hybridized carbons (Fsp3) is 0.300. The van der Waals surface area contributed by atoms with Crippen LogP contribution in [0, 0.1) is 17.6 Å². The fourth-order valence-electron chi connectivity index (χ4n) is 2.95. The van der Waals surface area contributed by atoms with E-state index in [1.807, 2.05) is 0 Å². The lowest BCUT2D eigenvalue weighted by Crippen LogP contribution is -2.45. The molecular weight excluding hydrogens is 383 g/mol. The maximum absolute atomic E-state index is 13.3. The first-order valence-electron chi connectivity index (χ1n) is 9.10. The standard InChI is InChI=1S/C20H20BF2NO5/c1-11(2)18(20(26)28-9-12-3-6-16(22)17(23)7-12)24-19(25)13-4-5-14-10-29-21(27)15(14)8-13/h3-8,11,18,27H,9-10H2,1-2H3,(H,24,25). The van der Waals surface area contributed by atoms with Gasteiger partial charge in [-0.3, -0.25) is 4.79 Å². The molecular formula is C20H20BF2NO5. The zero-order valence-corrected chi connectivity index (χ0v) is 15.9. The normalized spacial score (nSPS) is 13.9. The first-order chi connectivity index (χ1) is 13.8. The molecule has 9 heteroatoms. The number of hydrogen-bond acceptors (Lipinski definition) is 5. The van der Waals surface area contributed by atoms with Crippen molar-refractivity contribution in [2.75, 3.05) is 0 Å². The molecule has 0 spiro atoms. The van der Waals surface area contributed by atoms with Gasteiger partial charge >= 0.3 is 13.1 Å². The number of esters is 1. The number of ether oxygens (including phenoxy) is 1. The fourth-order valence-corrected chi connectivity index (χ4v) is 2.95. The molecule has 0 fully saturated rings. The van der Waals surface area contributed by atoms with E-state index in [2.05, 4.69) is 5.32 Å². The molecule has 0 aromatic heterocycles. The lowest BCUT2D eigenvalue weighted by molar-refractivity contribution is -0.148. The van der Waals surface area contributed by atoms with Gasteiger partial charge in [-0.1, -0.05) is 26.0 Å². The molecule has 0 aliphatic carbocycles.